The highest BCUT2D eigenvalue weighted by atomic mass is 17.0. The minimum atomic E-state index is -1.51. The molecule has 0 aliphatic carbocycles. The number of imidazole rings is 1. The van der Waals surface area contributed by atoms with Gasteiger partial charge in [0.05, 0.1) is 12.9 Å². The van der Waals surface area contributed by atoms with Crippen molar-refractivity contribution in [2.75, 3.05) is 6.61 Å². The summed E-state index contributed by atoms with van der Waals surface area (Å²) < 4.78 is 6.76. The Balaban J connectivity index is 2.25. The summed E-state index contributed by atoms with van der Waals surface area (Å²) in [7, 11) is 1.82. The Kier molecular flexibility index (Phi) is 3.41. The number of hydrogen-bond donors (Lipinski definition) is 0. The van der Waals surface area contributed by atoms with Gasteiger partial charge >= 0.3 is 5.97 Å². The van der Waals surface area contributed by atoms with Gasteiger partial charge < -0.3 is 9.30 Å². The molecule has 1 aromatic rings. The van der Waals surface area contributed by atoms with Crippen LogP contribution in [0, 0.1) is 16.0 Å². The van der Waals surface area contributed by atoms with E-state index in [4.69, 9.17) is 4.74 Å². The van der Waals surface area contributed by atoms with E-state index >= 15 is 0 Å². The molecule has 8 heteroatoms. The number of aromatic nitrogens is 2. The lowest BCUT2D eigenvalue weighted by molar-refractivity contribution is -0.778. The monoisotopic (exact) mass is 269 g/mol. The molecule has 0 spiro atoms. The van der Waals surface area contributed by atoms with Crippen molar-refractivity contribution >= 4 is 5.97 Å². The molecule has 8 nitrogen and oxygen atoms in total. The van der Waals surface area contributed by atoms with Gasteiger partial charge in [0.1, 0.15) is 0 Å². The molecule has 19 heavy (non-hydrogen) atoms. The number of nitrogens with zero attached hydrogens (tertiary/aromatic N) is 3. The smallest absolute Gasteiger partial charge is 0.338 e. The molecule has 0 aromatic carbocycles. The lowest BCUT2D eigenvalue weighted by Gasteiger charge is -2.27. The molecule has 104 valence electrons. The van der Waals surface area contributed by atoms with E-state index in [0.29, 0.717) is 6.42 Å². The summed E-state index contributed by atoms with van der Waals surface area (Å²) in [5.74, 6) is -1.07. The van der Waals surface area contributed by atoms with Crippen molar-refractivity contribution in [1.29, 1.82) is 0 Å². The van der Waals surface area contributed by atoms with Gasteiger partial charge in [0.25, 0.3) is 5.09 Å². The first kappa shape index (κ1) is 13.3. The first-order valence-corrected chi connectivity index (χ1v) is 5.95. The lowest BCUT2D eigenvalue weighted by Crippen LogP contribution is -2.45. The SMILES string of the molecule is CC[C@@]1(O[N+](=O)[O-])C(=O)OC[C@H]1Cc1cncn1C. The highest BCUT2D eigenvalue weighted by Gasteiger charge is 2.54. The maximum Gasteiger partial charge on any atom is 0.338 e. The summed E-state index contributed by atoms with van der Waals surface area (Å²) >= 11 is 0. The molecule has 0 saturated carbocycles. The molecule has 1 aromatic heterocycles. The third-order valence-electron chi connectivity index (χ3n) is 3.56. The highest BCUT2D eigenvalue weighted by Crippen LogP contribution is 2.36. The molecule has 0 radical (unpaired) electrons. The number of hydrogen-bond acceptors (Lipinski definition) is 6. The number of cyclic esters (lactones) is 1. The van der Waals surface area contributed by atoms with Crippen molar-refractivity contribution in [2.24, 2.45) is 13.0 Å². The Morgan fingerprint density at radius 2 is 2.47 bits per heavy atom. The molecule has 0 amide bonds. The minimum Gasteiger partial charge on any atom is -0.463 e. The Labute approximate surface area is 109 Å². The average molecular weight is 269 g/mol. The van der Waals surface area contributed by atoms with Crippen LogP contribution in [0.4, 0.5) is 0 Å². The number of ether oxygens (including phenoxy) is 1. The van der Waals surface area contributed by atoms with Crippen molar-refractivity contribution in [1.82, 2.24) is 9.55 Å². The average Bonchev–Trinajstić information content (AvgIpc) is 2.88. The molecule has 0 N–H and O–H groups in total. The standard InChI is InChI=1S/C11H15N3O5/c1-3-11(19-14(16)17)8(6-18-10(11)15)4-9-5-12-7-13(9)2/h5,7-8H,3-4,6H2,1-2H3/t8-,11+/m1/s1. The van der Waals surface area contributed by atoms with Crippen LogP contribution in [0.3, 0.4) is 0 Å². The van der Waals surface area contributed by atoms with E-state index in [9.17, 15) is 14.9 Å². The van der Waals surface area contributed by atoms with Crippen LogP contribution < -0.4 is 0 Å². The summed E-state index contributed by atoms with van der Waals surface area (Å²) in [6, 6.07) is 0. The molecule has 2 atom stereocenters. The van der Waals surface area contributed by atoms with Crippen molar-refractivity contribution in [3.63, 3.8) is 0 Å². The second-order valence-electron chi connectivity index (χ2n) is 4.55. The Bertz CT molecular complexity index is 500. The number of carbonyl (C=O) groups is 1. The number of carbonyl (C=O) groups excluding carboxylic acids is 1. The van der Waals surface area contributed by atoms with Crippen LogP contribution in [0.1, 0.15) is 19.0 Å². The Hall–Kier alpha value is -2.12. The number of rotatable bonds is 5. The van der Waals surface area contributed by atoms with E-state index in [-0.39, 0.29) is 13.0 Å². The van der Waals surface area contributed by atoms with E-state index in [1.807, 2.05) is 7.05 Å². The third kappa shape index (κ3) is 2.25. The number of aryl methyl sites for hydroxylation is 1. The van der Waals surface area contributed by atoms with Crippen molar-refractivity contribution in [2.45, 2.75) is 25.4 Å². The number of esters is 1. The van der Waals surface area contributed by atoms with Crippen molar-refractivity contribution in [3.05, 3.63) is 28.3 Å². The first-order chi connectivity index (χ1) is 8.99. The van der Waals surface area contributed by atoms with Crippen LogP contribution in [0.15, 0.2) is 12.5 Å². The van der Waals surface area contributed by atoms with Gasteiger partial charge in [0.15, 0.2) is 0 Å². The lowest BCUT2D eigenvalue weighted by atomic mass is 9.84. The molecule has 2 heterocycles. The summed E-state index contributed by atoms with van der Waals surface area (Å²) in [5, 5.41) is 9.71. The molecular formula is C11H15N3O5. The Morgan fingerprint density at radius 1 is 1.74 bits per heavy atom. The molecule has 1 aliphatic rings. The maximum absolute atomic E-state index is 11.8. The van der Waals surface area contributed by atoms with Crippen molar-refractivity contribution in [3.8, 4) is 0 Å². The summed E-state index contributed by atoms with van der Waals surface area (Å²) in [6.07, 6.45) is 3.92. The van der Waals surface area contributed by atoms with Gasteiger partial charge in [-0.1, -0.05) is 6.92 Å². The van der Waals surface area contributed by atoms with Crippen molar-refractivity contribution < 1.29 is 19.5 Å². The van der Waals surface area contributed by atoms with Gasteiger partial charge in [-0.25, -0.2) is 9.78 Å². The quantitative estimate of drug-likeness (QED) is 0.438. The summed E-state index contributed by atoms with van der Waals surface area (Å²) in [5.41, 5.74) is -0.638. The van der Waals surface area contributed by atoms with Crippen LogP contribution >= 0.6 is 0 Å². The van der Waals surface area contributed by atoms with Crippen LogP contribution in [0.2, 0.25) is 0 Å². The fourth-order valence-electron chi connectivity index (χ4n) is 2.40. The van der Waals surface area contributed by atoms with E-state index < -0.39 is 22.6 Å². The normalized spacial score (nSPS) is 26.2. The summed E-state index contributed by atoms with van der Waals surface area (Å²) in [4.78, 5) is 31.1. The zero-order valence-corrected chi connectivity index (χ0v) is 10.7. The maximum atomic E-state index is 11.8. The zero-order chi connectivity index (χ0) is 14.0. The van der Waals surface area contributed by atoms with Crippen LogP contribution in [0.25, 0.3) is 0 Å². The topological polar surface area (TPSA) is 96.5 Å². The Morgan fingerprint density at radius 3 is 3.00 bits per heavy atom. The van der Waals surface area contributed by atoms with E-state index in [1.165, 1.54) is 0 Å². The minimum absolute atomic E-state index is 0.117. The van der Waals surface area contributed by atoms with Crippen LogP contribution in [-0.4, -0.2) is 32.8 Å². The molecule has 2 rings (SSSR count). The molecule has 1 saturated heterocycles. The van der Waals surface area contributed by atoms with E-state index in [2.05, 4.69) is 9.82 Å². The first-order valence-electron chi connectivity index (χ1n) is 5.95. The van der Waals surface area contributed by atoms with Gasteiger partial charge in [-0.15, -0.1) is 10.1 Å². The highest BCUT2D eigenvalue weighted by molar-refractivity contribution is 5.82. The van der Waals surface area contributed by atoms with E-state index in [0.717, 1.165) is 5.69 Å². The zero-order valence-electron chi connectivity index (χ0n) is 10.7. The second kappa shape index (κ2) is 4.87. The van der Waals surface area contributed by atoms with Crippen LogP contribution in [0.5, 0.6) is 0 Å². The molecule has 1 fully saturated rings. The second-order valence-corrected chi connectivity index (χ2v) is 4.55. The van der Waals surface area contributed by atoms with Gasteiger partial charge in [-0.05, 0) is 12.8 Å². The summed E-state index contributed by atoms with van der Waals surface area (Å²) in [6.45, 7) is 1.79. The predicted octanol–water partition coefficient (Wildman–Crippen LogP) is 0.493. The molecule has 1 aliphatic heterocycles. The van der Waals surface area contributed by atoms with Gasteiger partial charge in [0, 0.05) is 24.9 Å². The molecule has 0 bridgehead atoms. The largest absolute Gasteiger partial charge is 0.463 e. The molecule has 0 unspecified atom stereocenters. The fraction of sp³-hybridized carbons (Fsp3) is 0.636. The van der Waals surface area contributed by atoms with Gasteiger partial charge in [-0.3, -0.25) is 4.84 Å². The molecular weight excluding hydrogens is 254 g/mol. The van der Waals surface area contributed by atoms with Crippen LogP contribution in [-0.2, 0) is 27.8 Å². The van der Waals surface area contributed by atoms with Gasteiger partial charge in [0.2, 0.25) is 5.60 Å². The van der Waals surface area contributed by atoms with E-state index in [1.54, 1.807) is 24.0 Å². The predicted molar refractivity (Wildman–Crippen MR) is 62.5 cm³/mol. The fourth-order valence-corrected chi connectivity index (χ4v) is 2.40. The van der Waals surface area contributed by atoms with Gasteiger partial charge in [-0.2, -0.15) is 0 Å². The third-order valence-corrected chi connectivity index (χ3v) is 3.56.